The van der Waals surface area contributed by atoms with Crippen LogP contribution in [0.3, 0.4) is 0 Å². The standard InChI is InChI=1S/C18H28ClFN4O2S.HI/c1-3-13-27(25,26)24-11-8-14(9-12-24)23-18(21-2)22-10-7-15-16(19)5-4-6-17(15)20;/h4-6,14H,3,7-13H2,1-2H3,(H2,21,22,23);1H. The molecule has 0 amide bonds. The van der Waals surface area contributed by atoms with E-state index >= 15 is 0 Å². The van der Waals surface area contributed by atoms with Gasteiger partial charge in [0.15, 0.2) is 5.96 Å². The number of hydrogen-bond donors (Lipinski definition) is 2. The molecule has 1 aliphatic rings. The number of nitrogens with one attached hydrogen (secondary N) is 2. The molecule has 10 heteroatoms. The van der Waals surface area contributed by atoms with Crippen molar-refractivity contribution >= 4 is 51.6 Å². The van der Waals surface area contributed by atoms with Crippen LogP contribution < -0.4 is 10.6 Å². The lowest BCUT2D eigenvalue weighted by atomic mass is 10.1. The number of aliphatic imine (C=N–C) groups is 1. The maximum Gasteiger partial charge on any atom is 0.214 e. The Morgan fingerprint density at radius 2 is 2.04 bits per heavy atom. The van der Waals surface area contributed by atoms with Crippen molar-refractivity contribution in [3.05, 3.63) is 34.6 Å². The average molecular weight is 547 g/mol. The predicted octanol–water partition coefficient (Wildman–Crippen LogP) is 3.01. The van der Waals surface area contributed by atoms with Crippen molar-refractivity contribution in [1.29, 1.82) is 0 Å². The molecular weight excluding hydrogens is 518 g/mol. The smallest absolute Gasteiger partial charge is 0.214 e. The van der Waals surface area contributed by atoms with Crippen molar-refractivity contribution in [1.82, 2.24) is 14.9 Å². The SMILES string of the molecule is CCCS(=O)(=O)N1CCC(NC(=NC)NCCc2c(F)cccc2Cl)CC1.I. The number of rotatable bonds is 7. The van der Waals surface area contributed by atoms with E-state index < -0.39 is 10.0 Å². The van der Waals surface area contributed by atoms with Crippen molar-refractivity contribution < 1.29 is 12.8 Å². The van der Waals surface area contributed by atoms with E-state index in [4.69, 9.17) is 11.6 Å². The zero-order chi connectivity index (χ0) is 19.9. The summed E-state index contributed by atoms with van der Waals surface area (Å²) in [7, 11) is -1.46. The molecule has 0 bridgehead atoms. The number of guanidine groups is 1. The topological polar surface area (TPSA) is 73.8 Å². The van der Waals surface area contributed by atoms with Crippen LogP contribution in [-0.2, 0) is 16.4 Å². The minimum atomic E-state index is -3.13. The third-order valence-corrected chi connectivity index (χ3v) is 7.03. The van der Waals surface area contributed by atoms with Gasteiger partial charge < -0.3 is 10.6 Å². The van der Waals surface area contributed by atoms with Gasteiger partial charge in [0.25, 0.3) is 0 Å². The summed E-state index contributed by atoms with van der Waals surface area (Å²) in [5.74, 6) is 0.512. The summed E-state index contributed by atoms with van der Waals surface area (Å²) < 4.78 is 39.6. The molecule has 0 aromatic heterocycles. The van der Waals surface area contributed by atoms with Crippen molar-refractivity contribution in [2.24, 2.45) is 4.99 Å². The number of nitrogens with zero attached hydrogens (tertiary/aromatic N) is 2. The molecule has 0 spiro atoms. The Labute approximate surface area is 189 Å². The molecule has 2 N–H and O–H groups in total. The molecule has 0 saturated carbocycles. The molecule has 0 aliphatic carbocycles. The molecule has 2 rings (SSSR count). The normalized spacial score (nSPS) is 16.5. The van der Waals surface area contributed by atoms with Crippen LogP contribution in [0.5, 0.6) is 0 Å². The first-order valence-corrected chi connectivity index (χ1v) is 11.2. The van der Waals surface area contributed by atoms with Crippen molar-refractivity contribution in [2.75, 3.05) is 32.4 Å². The number of sulfonamides is 1. The van der Waals surface area contributed by atoms with E-state index in [0.717, 1.165) is 12.8 Å². The summed E-state index contributed by atoms with van der Waals surface area (Å²) in [5, 5.41) is 6.90. The third kappa shape index (κ3) is 7.31. The Bertz CT molecular complexity index is 736. The highest BCUT2D eigenvalue weighted by Gasteiger charge is 2.27. The fourth-order valence-electron chi connectivity index (χ4n) is 3.13. The lowest BCUT2D eigenvalue weighted by Crippen LogP contribution is -2.50. The van der Waals surface area contributed by atoms with Gasteiger partial charge in [0.2, 0.25) is 10.0 Å². The summed E-state index contributed by atoms with van der Waals surface area (Å²) in [6, 6.07) is 4.81. The van der Waals surface area contributed by atoms with E-state index in [1.807, 2.05) is 6.92 Å². The second kappa shape index (κ2) is 12.1. The molecule has 1 aliphatic heterocycles. The molecule has 160 valence electrons. The summed E-state index contributed by atoms with van der Waals surface area (Å²) >= 11 is 6.04. The predicted molar refractivity (Wildman–Crippen MR) is 124 cm³/mol. The maximum absolute atomic E-state index is 13.8. The average Bonchev–Trinajstić information content (AvgIpc) is 2.63. The van der Waals surface area contributed by atoms with Crippen LogP contribution >= 0.6 is 35.6 Å². The molecular formula is C18H29ClFIN4O2S. The van der Waals surface area contributed by atoms with E-state index in [2.05, 4.69) is 15.6 Å². The van der Waals surface area contributed by atoms with Crippen molar-refractivity contribution in [2.45, 2.75) is 38.6 Å². The van der Waals surface area contributed by atoms with Gasteiger partial charge in [-0.15, -0.1) is 24.0 Å². The second-order valence-electron chi connectivity index (χ2n) is 6.58. The molecule has 1 fully saturated rings. The van der Waals surface area contributed by atoms with Crippen LogP contribution in [0.25, 0.3) is 0 Å². The fraction of sp³-hybridized carbons (Fsp3) is 0.611. The minimum Gasteiger partial charge on any atom is -0.356 e. The molecule has 1 saturated heterocycles. The monoisotopic (exact) mass is 546 g/mol. The summed E-state index contributed by atoms with van der Waals surface area (Å²) in [5.41, 5.74) is 0.483. The quantitative estimate of drug-likeness (QED) is 0.313. The van der Waals surface area contributed by atoms with Gasteiger partial charge in [0, 0.05) is 43.3 Å². The van der Waals surface area contributed by atoms with Crippen LogP contribution in [0, 0.1) is 5.82 Å². The van der Waals surface area contributed by atoms with Crippen LogP contribution in [0.4, 0.5) is 4.39 Å². The first kappa shape index (κ1) is 25.4. The van der Waals surface area contributed by atoms with Gasteiger partial charge in [-0.05, 0) is 37.8 Å². The van der Waals surface area contributed by atoms with Crippen LogP contribution in [0.2, 0.25) is 5.02 Å². The molecule has 1 aromatic rings. The highest BCUT2D eigenvalue weighted by atomic mass is 127. The van der Waals surface area contributed by atoms with Crippen molar-refractivity contribution in [3.63, 3.8) is 0 Å². The van der Waals surface area contributed by atoms with E-state index in [0.29, 0.717) is 49.0 Å². The van der Waals surface area contributed by atoms with Gasteiger partial charge in [-0.1, -0.05) is 24.6 Å². The molecule has 0 atom stereocenters. The molecule has 1 aromatic carbocycles. The summed E-state index contributed by atoms with van der Waals surface area (Å²) in [6.07, 6.45) is 2.52. The Kier molecular flexibility index (Phi) is 11.0. The Hall–Kier alpha value is -0.650. The summed E-state index contributed by atoms with van der Waals surface area (Å²) in [6.45, 7) is 3.39. The zero-order valence-electron chi connectivity index (χ0n) is 16.2. The molecule has 0 radical (unpaired) electrons. The van der Waals surface area contributed by atoms with Gasteiger partial charge in [0.1, 0.15) is 5.82 Å². The molecule has 6 nitrogen and oxygen atoms in total. The number of benzene rings is 1. The van der Waals surface area contributed by atoms with Crippen LogP contribution in [-0.4, -0.2) is 57.2 Å². The molecule has 28 heavy (non-hydrogen) atoms. The first-order chi connectivity index (χ1) is 12.9. The minimum absolute atomic E-state index is 0. The Morgan fingerprint density at radius 1 is 1.36 bits per heavy atom. The van der Waals surface area contributed by atoms with Gasteiger partial charge in [0.05, 0.1) is 5.75 Å². The number of piperidine rings is 1. The summed E-state index contributed by atoms with van der Waals surface area (Å²) in [4.78, 5) is 4.19. The largest absolute Gasteiger partial charge is 0.356 e. The first-order valence-electron chi connectivity index (χ1n) is 9.25. The Morgan fingerprint density at radius 3 is 2.61 bits per heavy atom. The highest BCUT2D eigenvalue weighted by molar-refractivity contribution is 14.0. The fourth-order valence-corrected chi connectivity index (χ4v) is 4.93. The maximum atomic E-state index is 13.8. The lowest BCUT2D eigenvalue weighted by molar-refractivity contribution is 0.306. The molecule has 1 heterocycles. The van der Waals surface area contributed by atoms with E-state index in [1.165, 1.54) is 6.07 Å². The van der Waals surface area contributed by atoms with Gasteiger partial charge in [-0.2, -0.15) is 0 Å². The lowest BCUT2D eigenvalue weighted by Gasteiger charge is -2.32. The van der Waals surface area contributed by atoms with Crippen molar-refractivity contribution in [3.8, 4) is 0 Å². The third-order valence-electron chi connectivity index (χ3n) is 4.60. The van der Waals surface area contributed by atoms with Gasteiger partial charge >= 0.3 is 0 Å². The van der Waals surface area contributed by atoms with Gasteiger partial charge in [-0.3, -0.25) is 4.99 Å². The number of hydrogen-bond acceptors (Lipinski definition) is 3. The van der Waals surface area contributed by atoms with Gasteiger partial charge in [-0.25, -0.2) is 17.1 Å². The number of halogens is 3. The second-order valence-corrected chi connectivity index (χ2v) is 9.08. The van der Waals surface area contributed by atoms with Crippen LogP contribution in [0.1, 0.15) is 31.7 Å². The van der Waals surface area contributed by atoms with E-state index in [9.17, 15) is 12.8 Å². The Balaban J connectivity index is 0.00000392. The van der Waals surface area contributed by atoms with E-state index in [-0.39, 0.29) is 41.6 Å². The van der Waals surface area contributed by atoms with Crippen LogP contribution in [0.15, 0.2) is 23.2 Å². The highest BCUT2D eigenvalue weighted by Crippen LogP contribution is 2.19. The zero-order valence-corrected chi connectivity index (χ0v) is 20.2. The molecule has 0 unspecified atom stereocenters. The van der Waals surface area contributed by atoms with E-state index in [1.54, 1.807) is 23.5 Å².